The van der Waals surface area contributed by atoms with E-state index in [1.54, 1.807) is 0 Å². The van der Waals surface area contributed by atoms with Crippen LogP contribution in [0.3, 0.4) is 0 Å². The van der Waals surface area contributed by atoms with E-state index in [1.807, 2.05) is 6.92 Å². The Labute approximate surface area is 106 Å². The Morgan fingerprint density at radius 3 is 2.00 bits per heavy atom. The summed E-state index contributed by atoms with van der Waals surface area (Å²) in [5.74, 6) is -10.0. The van der Waals surface area contributed by atoms with Crippen molar-refractivity contribution in [2.75, 3.05) is 0 Å². The first-order valence-electron chi connectivity index (χ1n) is 5.55. The second-order valence-electron chi connectivity index (χ2n) is 3.67. The molecule has 19 heavy (non-hydrogen) atoms. The molecular formula is C12H11F5NO. The van der Waals surface area contributed by atoms with Crippen molar-refractivity contribution < 1.29 is 26.8 Å². The number of hydrogen-bond donors (Lipinski definition) is 0. The zero-order valence-corrected chi connectivity index (χ0v) is 10.1. The lowest BCUT2D eigenvalue weighted by Crippen LogP contribution is -2.07. The van der Waals surface area contributed by atoms with E-state index in [0.29, 0.717) is 6.42 Å². The first kappa shape index (κ1) is 15.4. The van der Waals surface area contributed by atoms with Crippen molar-refractivity contribution in [1.82, 2.24) is 0 Å². The number of benzene rings is 1. The zero-order valence-electron chi connectivity index (χ0n) is 10.1. The Bertz CT molecular complexity index is 447. The SMILES string of the molecule is CCCC/[C]=N/OCc1c(F)c(F)c(F)c(F)c1F. The second-order valence-corrected chi connectivity index (χ2v) is 3.67. The molecule has 0 aliphatic carbocycles. The van der Waals surface area contributed by atoms with Crippen LogP contribution in [0.2, 0.25) is 0 Å². The van der Waals surface area contributed by atoms with Gasteiger partial charge >= 0.3 is 0 Å². The molecule has 7 heteroatoms. The number of unbranched alkanes of at least 4 members (excludes halogenated alkanes) is 2. The van der Waals surface area contributed by atoms with Gasteiger partial charge in [-0.15, -0.1) is 0 Å². The first-order chi connectivity index (χ1) is 9.00. The Morgan fingerprint density at radius 1 is 0.947 bits per heavy atom. The van der Waals surface area contributed by atoms with Gasteiger partial charge in [0.1, 0.15) is 12.8 Å². The molecule has 0 saturated carbocycles. The van der Waals surface area contributed by atoms with Crippen LogP contribution in [0.25, 0.3) is 0 Å². The van der Waals surface area contributed by atoms with Gasteiger partial charge in [0.05, 0.1) is 5.56 Å². The molecule has 0 saturated heterocycles. The summed E-state index contributed by atoms with van der Waals surface area (Å²) in [4.78, 5) is 4.46. The molecule has 0 unspecified atom stereocenters. The van der Waals surface area contributed by atoms with Crippen molar-refractivity contribution in [2.24, 2.45) is 5.16 Å². The summed E-state index contributed by atoms with van der Waals surface area (Å²) in [5, 5.41) is 3.25. The average Bonchev–Trinajstić information content (AvgIpc) is 2.41. The lowest BCUT2D eigenvalue weighted by atomic mass is 10.2. The molecule has 0 aliphatic heterocycles. The van der Waals surface area contributed by atoms with Crippen LogP contribution in [0.15, 0.2) is 5.16 Å². The van der Waals surface area contributed by atoms with Crippen molar-refractivity contribution in [3.05, 3.63) is 34.6 Å². The maximum absolute atomic E-state index is 13.2. The van der Waals surface area contributed by atoms with Gasteiger partial charge < -0.3 is 4.84 Å². The van der Waals surface area contributed by atoms with E-state index in [1.165, 1.54) is 0 Å². The standard InChI is InChI=1S/C12H11F5NO/c1-2-3-4-5-18-19-6-7-8(13)10(15)12(17)11(16)9(7)14/h2-4,6H2,1H3. The van der Waals surface area contributed by atoms with Crippen molar-refractivity contribution in [1.29, 1.82) is 0 Å². The van der Waals surface area contributed by atoms with Crippen LogP contribution < -0.4 is 0 Å². The summed E-state index contributed by atoms with van der Waals surface area (Å²) in [6.07, 6.45) is 4.62. The number of rotatable bonds is 6. The van der Waals surface area contributed by atoms with E-state index in [-0.39, 0.29) is 0 Å². The van der Waals surface area contributed by atoms with Crippen molar-refractivity contribution >= 4 is 6.21 Å². The Hall–Kier alpha value is -1.66. The summed E-state index contributed by atoms with van der Waals surface area (Å²) in [5.41, 5.74) is -1.06. The van der Waals surface area contributed by atoms with E-state index >= 15 is 0 Å². The molecule has 0 aliphatic rings. The molecule has 0 aromatic heterocycles. The highest BCUT2D eigenvalue weighted by atomic mass is 19.2. The molecule has 0 N–H and O–H groups in total. The van der Waals surface area contributed by atoms with Gasteiger partial charge in [0.2, 0.25) is 5.82 Å². The van der Waals surface area contributed by atoms with Crippen LogP contribution in [-0.2, 0) is 11.4 Å². The maximum Gasteiger partial charge on any atom is 0.200 e. The predicted molar refractivity (Wildman–Crippen MR) is 58.0 cm³/mol. The minimum atomic E-state index is -2.20. The maximum atomic E-state index is 13.2. The Kier molecular flexibility index (Phi) is 5.72. The van der Waals surface area contributed by atoms with E-state index in [9.17, 15) is 22.0 Å². The van der Waals surface area contributed by atoms with Crippen LogP contribution in [0.5, 0.6) is 0 Å². The third kappa shape index (κ3) is 3.65. The fraction of sp³-hybridized carbons (Fsp3) is 0.417. The van der Waals surface area contributed by atoms with Crippen molar-refractivity contribution in [3.63, 3.8) is 0 Å². The summed E-state index contributed by atoms with van der Waals surface area (Å²) in [6, 6.07) is 0. The lowest BCUT2D eigenvalue weighted by molar-refractivity contribution is 0.124. The fourth-order valence-electron chi connectivity index (χ4n) is 1.22. The molecule has 0 bridgehead atoms. The molecule has 2 nitrogen and oxygen atoms in total. The largest absolute Gasteiger partial charge is 0.390 e. The molecule has 0 atom stereocenters. The van der Waals surface area contributed by atoms with E-state index in [4.69, 9.17) is 0 Å². The van der Waals surface area contributed by atoms with Gasteiger partial charge in [-0.25, -0.2) is 22.0 Å². The third-order valence-corrected chi connectivity index (χ3v) is 2.28. The summed E-state index contributed by atoms with van der Waals surface area (Å²) in [6.45, 7) is 1.09. The highest BCUT2D eigenvalue weighted by molar-refractivity contribution is 5.56. The molecule has 1 aromatic rings. The number of halogens is 5. The van der Waals surface area contributed by atoms with Gasteiger partial charge in [-0.1, -0.05) is 18.5 Å². The van der Waals surface area contributed by atoms with Gasteiger partial charge in [-0.3, -0.25) is 0 Å². The Morgan fingerprint density at radius 2 is 1.47 bits per heavy atom. The lowest BCUT2D eigenvalue weighted by Gasteiger charge is -2.06. The molecule has 105 valence electrons. The summed E-state index contributed by atoms with van der Waals surface area (Å²) < 4.78 is 64.7. The molecule has 1 aromatic carbocycles. The second kappa shape index (κ2) is 7.06. The first-order valence-corrected chi connectivity index (χ1v) is 5.55. The number of nitrogens with zero attached hydrogens (tertiary/aromatic N) is 1. The molecule has 0 heterocycles. The highest BCUT2D eigenvalue weighted by Crippen LogP contribution is 2.23. The smallest absolute Gasteiger partial charge is 0.200 e. The zero-order chi connectivity index (χ0) is 14.4. The molecule has 1 rings (SSSR count). The predicted octanol–water partition coefficient (Wildman–Crippen LogP) is 3.95. The molecule has 0 amide bonds. The van der Waals surface area contributed by atoms with Crippen molar-refractivity contribution in [2.45, 2.75) is 32.8 Å². The molecule has 0 spiro atoms. The van der Waals surface area contributed by atoms with E-state index in [0.717, 1.165) is 12.8 Å². The van der Waals surface area contributed by atoms with Crippen molar-refractivity contribution in [3.8, 4) is 0 Å². The van der Waals surface area contributed by atoms with Crippen LogP contribution in [-0.4, -0.2) is 6.21 Å². The minimum absolute atomic E-state index is 0.480. The van der Waals surface area contributed by atoms with Gasteiger partial charge in [-0.2, -0.15) is 0 Å². The number of hydrogen-bond acceptors (Lipinski definition) is 2. The normalized spacial score (nSPS) is 11.3. The molecular weight excluding hydrogens is 269 g/mol. The average molecular weight is 280 g/mol. The quantitative estimate of drug-likeness (QED) is 0.193. The topological polar surface area (TPSA) is 21.6 Å². The molecule has 0 fully saturated rings. The van der Waals surface area contributed by atoms with Gasteiger partial charge in [0.25, 0.3) is 0 Å². The molecule has 1 radical (unpaired) electrons. The third-order valence-electron chi connectivity index (χ3n) is 2.28. The Balaban J connectivity index is 2.77. The van der Waals surface area contributed by atoms with Gasteiger partial charge in [0, 0.05) is 0 Å². The van der Waals surface area contributed by atoms with Gasteiger partial charge in [-0.05, 0) is 12.8 Å². The van der Waals surface area contributed by atoms with Crippen LogP contribution >= 0.6 is 0 Å². The minimum Gasteiger partial charge on any atom is -0.390 e. The fourth-order valence-corrected chi connectivity index (χ4v) is 1.22. The van der Waals surface area contributed by atoms with Crippen LogP contribution in [0.1, 0.15) is 31.7 Å². The van der Waals surface area contributed by atoms with Gasteiger partial charge in [0.15, 0.2) is 23.3 Å². The van der Waals surface area contributed by atoms with E-state index < -0.39 is 41.3 Å². The van der Waals surface area contributed by atoms with Crippen LogP contribution in [0, 0.1) is 29.1 Å². The summed E-state index contributed by atoms with van der Waals surface area (Å²) >= 11 is 0. The highest BCUT2D eigenvalue weighted by Gasteiger charge is 2.25. The monoisotopic (exact) mass is 280 g/mol. The van der Waals surface area contributed by atoms with E-state index in [2.05, 4.69) is 16.2 Å². The van der Waals surface area contributed by atoms with Crippen LogP contribution in [0.4, 0.5) is 22.0 Å². The summed E-state index contributed by atoms with van der Waals surface area (Å²) in [7, 11) is 0.